The van der Waals surface area contributed by atoms with Gasteiger partial charge in [-0.3, -0.25) is 4.98 Å². The Morgan fingerprint density at radius 3 is 3.00 bits per heavy atom. The van der Waals surface area contributed by atoms with Crippen molar-refractivity contribution < 1.29 is 0 Å². The van der Waals surface area contributed by atoms with Gasteiger partial charge in [-0.1, -0.05) is 17.7 Å². The Kier molecular flexibility index (Phi) is 4.28. The zero-order valence-electron chi connectivity index (χ0n) is 11.0. The summed E-state index contributed by atoms with van der Waals surface area (Å²) in [7, 11) is 0. The van der Waals surface area contributed by atoms with E-state index in [-0.39, 0.29) is 0 Å². The first kappa shape index (κ1) is 13.5. The van der Waals surface area contributed by atoms with Crippen molar-refractivity contribution in [2.45, 2.75) is 5.16 Å². The molecule has 0 atom stereocenters. The standard InChI is InChI=1S/C14H14N4S2/c1-2-7-20-14-16-12-10-15-4-3-11(12)13(17-14)18-5-8-19-9-6-18/h1,3-4,10H,5-9H2. The third-order valence-corrected chi connectivity index (χ3v) is 4.75. The molecule has 0 aliphatic carbocycles. The summed E-state index contributed by atoms with van der Waals surface area (Å²) >= 11 is 3.48. The third kappa shape index (κ3) is 2.84. The van der Waals surface area contributed by atoms with E-state index in [2.05, 4.69) is 20.8 Å². The van der Waals surface area contributed by atoms with E-state index < -0.39 is 0 Å². The summed E-state index contributed by atoms with van der Waals surface area (Å²) in [5.41, 5.74) is 0.884. The number of terminal acetylenes is 1. The number of hydrogen-bond donors (Lipinski definition) is 0. The van der Waals surface area contributed by atoms with Crippen LogP contribution in [-0.4, -0.2) is 45.3 Å². The maximum atomic E-state index is 5.32. The average Bonchev–Trinajstić information content (AvgIpc) is 2.53. The summed E-state index contributed by atoms with van der Waals surface area (Å²) in [6, 6.07) is 1.99. The predicted molar refractivity (Wildman–Crippen MR) is 86.4 cm³/mol. The van der Waals surface area contributed by atoms with Crippen molar-refractivity contribution in [2.24, 2.45) is 0 Å². The number of rotatable bonds is 3. The van der Waals surface area contributed by atoms with Crippen LogP contribution in [0.25, 0.3) is 10.9 Å². The number of hydrogen-bond acceptors (Lipinski definition) is 6. The lowest BCUT2D eigenvalue weighted by molar-refractivity contribution is 0.824. The molecule has 20 heavy (non-hydrogen) atoms. The van der Waals surface area contributed by atoms with Gasteiger partial charge in [-0.05, 0) is 6.07 Å². The molecule has 102 valence electrons. The lowest BCUT2D eigenvalue weighted by atomic mass is 10.2. The van der Waals surface area contributed by atoms with Gasteiger partial charge in [0.25, 0.3) is 0 Å². The van der Waals surface area contributed by atoms with Crippen molar-refractivity contribution in [3.8, 4) is 12.3 Å². The number of anilines is 1. The van der Waals surface area contributed by atoms with Gasteiger partial charge in [-0.15, -0.1) is 6.42 Å². The van der Waals surface area contributed by atoms with Gasteiger partial charge in [0.15, 0.2) is 5.16 Å². The topological polar surface area (TPSA) is 41.9 Å². The highest BCUT2D eigenvalue weighted by Gasteiger charge is 2.17. The Labute approximate surface area is 126 Å². The van der Waals surface area contributed by atoms with Crippen LogP contribution >= 0.6 is 23.5 Å². The predicted octanol–water partition coefficient (Wildman–Crippen LogP) is 2.30. The van der Waals surface area contributed by atoms with Crippen molar-refractivity contribution in [3.05, 3.63) is 18.5 Å². The van der Waals surface area contributed by atoms with Gasteiger partial charge in [0, 0.05) is 36.2 Å². The Morgan fingerprint density at radius 1 is 1.35 bits per heavy atom. The van der Waals surface area contributed by atoms with Crippen LogP contribution in [-0.2, 0) is 0 Å². The van der Waals surface area contributed by atoms with Crippen molar-refractivity contribution in [3.63, 3.8) is 0 Å². The number of fused-ring (bicyclic) bond motifs is 1. The van der Waals surface area contributed by atoms with Crippen LogP contribution in [0.1, 0.15) is 0 Å². The molecule has 1 saturated heterocycles. The van der Waals surface area contributed by atoms with Gasteiger partial charge in [0.05, 0.1) is 17.5 Å². The second kappa shape index (κ2) is 6.33. The zero-order valence-corrected chi connectivity index (χ0v) is 12.6. The van der Waals surface area contributed by atoms with E-state index in [1.165, 1.54) is 11.8 Å². The van der Waals surface area contributed by atoms with E-state index in [1.54, 1.807) is 12.4 Å². The van der Waals surface area contributed by atoms with Crippen LogP contribution in [0.5, 0.6) is 0 Å². The van der Waals surface area contributed by atoms with Crippen LogP contribution < -0.4 is 4.90 Å². The van der Waals surface area contributed by atoms with Gasteiger partial charge < -0.3 is 4.90 Å². The molecule has 0 radical (unpaired) electrons. The molecule has 0 spiro atoms. The lowest BCUT2D eigenvalue weighted by Crippen LogP contribution is -2.33. The first-order valence-electron chi connectivity index (χ1n) is 6.39. The molecule has 0 aromatic carbocycles. The molecule has 0 N–H and O–H groups in total. The highest BCUT2D eigenvalue weighted by molar-refractivity contribution is 7.99. The van der Waals surface area contributed by atoms with Crippen LogP contribution in [0.4, 0.5) is 5.82 Å². The summed E-state index contributed by atoms with van der Waals surface area (Å²) < 4.78 is 0. The van der Waals surface area contributed by atoms with Gasteiger partial charge in [-0.25, -0.2) is 9.97 Å². The molecule has 2 aromatic heterocycles. The molecule has 1 fully saturated rings. The number of aromatic nitrogens is 3. The van der Waals surface area contributed by atoms with E-state index in [9.17, 15) is 0 Å². The molecule has 0 bridgehead atoms. The molecule has 1 aliphatic heterocycles. The van der Waals surface area contributed by atoms with Crippen LogP contribution in [0.2, 0.25) is 0 Å². The molecule has 3 rings (SSSR count). The zero-order chi connectivity index (χ0) is 13.8. The first-order chi connectivity index (χ1) is 9.88. The fraction of sp³-hybridized carbons (Fsp3) is 0.357. The van der Waals surface area contributed by atoms with Crippen LogP contribution in [0.15, 0.2) is 23.6 Å². The number of nitrogens with zero attached hydrogens (tertiary/aromatic N) is 4. The SMILES string of the molecule is C#CCSc1nc(N2CCSCC2)c2ccncc2n1. The highest BCUT2D eigenvalue weighted by Crippen LogP contribution is 2.28. The minimum atomic E-state index is 0.584. The molecule has 6 heteroatoms. The monoisotopic (exact) mass is 302 g/mol. The van der Waals surface area contributed by atoms with E-state index in [0.29, 0.717) is 5.75 Å². The molecule has 0 saturated carbocycles. The molecule has 3 heterocycles. The molecule has 0 unspecified atom stereocenters. The summed E-state index contributed by atoms with van der Waals surface area (Å²) in [5, 5.41) is 1.80. The van der Waals surface area contributed by atoms with E-state index in [1.807, 2.05) is 17.8 Å². The lowest BCUT2D eigenvalue weighted by Gasteiger charge is -2.28. The van der Waals surface area contributed by atoms with E-state index in [4.69, 9.17) is 11.4 Å². The molecular formula is C14H14N4S2. The number of pyridine rings is 1. The smallest absolute Gasteiger partial charge is 0.191 e. The molecule has 4 nitrogen and oxygen atoms in total. The fourth-order valence-electron chi connectivity index (χ4n) is 2.13. The Hall–Kier alpha value is -1.45. The molecule has 0 amide bonds. The van der Waals surface area contributed by atoms with Crippen LogP contribution in [0.3, 0.4) is 0 Å². The maximum absolute atomic E-state index is 5.32. The average molecular weight is 302 g/mol. The van der Waals surface area contributed by atoms with Gasteiger partial charge in [0.2, 0.25) is 0 Å². The Balaban J connectivity index is 2.04. The second-order valence-corrected chi connectivity index (χ2v) is 6.48. The van der Waals surface area contributed by atoms with Crippen molar-refractivity contribution in [1.29, 1.82) is 0 Å². The largest absolute Gasteiger partial charge is 0.354 e. The van der Waals surface area contributed by atoms with Gasteiger partial charge in [-0.2, -0.15) is 11.8 Å². The van der Waals surface area contributed by atoms with Gasteiger partial charge in [0.1, 0.15) is 5.82 Å². The summed E-state index contributed by atoms with van der Waals surface area (Å²) in [6.07, 6.45) is 8.90. The molecule has 1 aliphatic rings. The quantitative estimate of drug-likeness (QED) is 0.492. The van der Waals surface area contributed by atoms with Gasteiger partial charge >= 0.3 is 0 Å². The number of thioether (sulfide) groups is 2. The minimum Gasteiger partial charge on any atom is -0.354 e. The van der Waals surface area contributed by atoms with Crippen molar-refractivity contribution in [1.82, 2.24) is 15.0 Å². The molecular weight excluding hydrogens is 288 g/mol. The minimum absolute atomic E-state index is 0.584. The summed E-state index contributed by atoms with van der Waals surface area (Å²) in [5.74, 6) is 6.49. The van der Waals surface area contributed by atoms with Crippen LogP contribution in [0, 0.1) is 12.3 Å². The molecule has 2 aromatic rings. The normalized spacial score (nSPS) is 15.2. The van der Waals surface area contributed by atoms with Crippen molar-refractivity contribution >= 4 is 40.2 Å². The summed E-state index contributed by atoms with van der Waals surface area (Å²) in [6.45, 7) is 2.05. The first-order valence-corrected chi connectivity index (χ1v) is 8.53. The van der Waals surface area contributed by atoms with E-state index in [0.717, 1.165) is 46.5 Å². The summed E-state index contributed by atoms with van der Waals surface area (Å²) in [4.78, 5) is 15.7. The fourth-order valence-corrected chi connectivity index (χ4v) is 3.56. The highest BCUT2D eigenvalue weighted by atomic mass is 32.2. The Bertz CT molecular complexity index is 647. The van der Waals surface area contributed by atoms with E-state index >= 15 is 0 Å². The third-order valence-electron chi connectivity index (χ3n) is 3.05. The second-order valence-electron chi connectivity index (χ2n) is 4.31. The Morgan fingerprint density at radius 2 is 2.20 bits per heavy atom. The maximum Gasteiger partial charge on any atom is 0.191 e. The van der Waals surface area contributed by atoms with Crippen molar-refractivity contribution in [2.75, 3.05) is 35.2 Å².